The highest BCUT2D eigenvalue weighted by atomic mass is 19.1. The number of esters is 1. The second kappa shape index (κ2) is 9.51. The lowest BCUT2D eigenvalue weighted by atomic mass is 9.91. The molecule has 0 saturated carbocycles. The highest BCUT2D eigenvalue weighted by molar-refractivity contribution is 5.95. The number of urea groups is 1. The summed E-state index contributed by atoms with van der Waals surface area (Å²) in [5, 5.41) is 5.47. The van der Waals surface area contributed by atoms with E-state index >= 15 is 0 Å². The van der Waals surface area contributed by atoms with Gasteiger partial charge in [-0.25, -0.2) is 14.0 Å². The molecule has 1 heterocycles. The molecule has 31 heavy (non-hydrogen) atoms. The van der Waals surface area contributed by atoms with E-state index in [0.717, 1.165) is 0 Å². The summed E-state index contributed by atoms with van der Waals surface area (Å²) in [7, 11) is 2.77. The lowest BCUT2D eigenvalue weighted by Crippen LogP contribution is -2.47. The molecule has 2 N–H and O–H groups in total. The van der Waals surface area contributed by atoms with Gasteiger partial charge in [0, 0.05) is 11.3 Å². The van der Waals surface area contributed by atoms with Crippen molar-refractivity contribution >= 4 is 12.0 Å². The van der Waals surface area contributed by atoms with E-state index in [4.69, 9.17) is 14.2 Å². The summed E-state index contributed by atoms with van der Waals surface area (Å²) in [6, 6.07) is 10.3. The van der Waals surface area contributed by atoms with E-state index < -0.39 is 18.0 Å². The molecular weight excluding hydrogens is 403 g/mol. The number of methoxy groups -OCH3 is 2. The van der Waals surface area contributed by atoms with E-state index in [9.17, 15) is 14.0 Å². The van der Waals surface area contributed by atoms with Gasteiger partial charge < -0.3 is 24.8 Å². The maximum atomic E-state index is 13.9. The second-order valence-corrected chi connectivity index (χ2v) is 7.30. The van der Waals surface area contributed by atoms with E-state index in [-0.39, 0.29) is 18.3 Å². The van der Waals surface area contributed by atoms with Gasteiger partial charge in [0.25, 0.3) is 0 Å². The number of ether oxygens (including phenoxy) is 3. The molecule has 0 aromatic heterocycles. The molecule has 1 unspecified atom stereocenters. The van der Waals surface area contributed by atoms with Crippen molar-refractivity contribution in [3.63, 3.8) is 0 Å². The smallest absolute Gasteiger partial charge is 0.337 e. The predicted octanol–water partition coefficient (Wildman–Crippen LogP) is 3.85. The number of hydrogen-bond donors (Lipinski definition) is 2. The zero-order valence-electron chi connectivity index (χ0n) is 17.8. The number of halogens is 1. The topological polar surface area (TPSA) is 85.9 Å². The number of carbonyl (C=O) groups excluding carboxylic acids is 2. The fraction of sp³-hybridized carbons (Fsp3) is 0.304. The van der Waals surface area contributed by atoms with Crippen molar-refractivity contribution in [3.8, 4) is 11.5 Å². The molecule has 8 heteroatoms. The molecule has 2 aromatic rings. The number of rotatable bonds is 7. The maximum Gasteiger partial charge on any atom is 0.337 e. The van der Waals surface area contributed by atoms with Crippen molar-refractivity contribution < 1.29 is 28.2 Å². The zero-order chi connectivity index (χ0) is 22.5. The average Bonchev–Trinajstić information content (AvgIpc) is 2.77. The SMILES string of the molecule is COC(=O)C1=C(C(C)C)NC(=O)NC1c1ccc(OCc2ccccc2F)c(OC)c1. The fourth-order valence-electron chi connectivity index (χ4n) is 3.38. The molecule has 1 aliphatic heterocycles. The highest BCUT2D eigenvalue weighted by Gasteiger charge is 2.34. The van der Waals surface area contributed by atoms with Crippen LogP contribution in [0.1, 0.15) is 31.0 Å². The van der Waals surface area contributed by atoms with Crippen LogP contribution < -0.4 is 20.1 Å². The Kier molecular flexibility index (Phi) is 6.79. The van der Waals surface area contributed by atoms with Gasteiger partial charge in [0.1, 0.15) is 12.4 Å². The van der Waals surface area contributed by atoms with Crippen LogP contribution in [0.25, 0.3) is 0 Å². The van der Waals surface area contributed by atoms with Crippen molar-refractivity contribution in [1.29, 1.82) is 0 Å². The van der Waals surface area contributed by atoms with Crippen LogP contribution in [0, 0.1) is 11.7 Å². The van der Waals surface area contributed by atoms with Crippen molar-refractivity contribution in [3.05, 3.63) is 70.7 Å². The summed E-state index contributed by atoms with van der Waals surface area (Å²) in [5.41, 5.74) is 1.85. The molecular formula is C23H25FN2O5. The van der Waals surface area contributed by atoms with E-state index in [0.29, 0.717) is 33.9 Å². The van der Waals surface area contributed by atoms with Crippen molar-refractivity contribution in [2.45, 2.75) is 26.5 Å². The van der Waals surface area contributed by atoms with Crippen molar-refractivity contribution in [1.82, 2.24) is 10.6 Å². The maximum absolute atomic E-state index is 13.9. The van der Waals surface area contributed by atoms with Crippen LogP contribution in [0.4, 0.5) is 9.18 Å². The summed E-state index contributed by atoms with van der Waals surface area (Å²) in [5.74, 6) is -0.211. The molecule has 0 radical (unpaired) electrons. The Morgan fingerprint density at radius 1 is 1.13 bits per heavy atom. The van der Waals surface area contributed by atoms with Gasteiger partial charge in [-0.05, 0) is 29.7 Å². The molecule has 3 rings (SSSR count). The van der Waals surface area contributed by atoms with E-state index in [2.05, 4.69) is 10.6 Å². The third-order valence-corrected chi connectivity index (χ3v) is 4.95. The fourth-order valence-corrected chi connectivity index (χ4v) is 3.38. The molecule has 164 valence electrons. The van der Waals surface area contributed by atoms with Gasteiger partial charge in [-0.2, -0.15) is 0 Å². The van der Waals surface area contributed by atoms with E-state index in [1.165, 1.54) is 20.3 Å². The summed E-state index contributed by atoms with van der Waals surface area (Å²) in [6.07, 6.45) is 0. The quantitative estimate of drug-likeness (QED) is 0.655. The van der Waals surface area contributed by atoms with Crippen molar-refractivity contribution in [2.75, 3.05) is 14.2 Å². The molecule has 0 aliphatic carbocycles. The van der Waals surface area contributed by atoms with Gasteiger partial charge in [0.2, 0.25) is 0 Å². The van der Waals surface area contributed by atoms with E-state index in [1.54, 1.807) is 36.4 Å². The number of carbonyl (C=O) groups is 2. The second-order valence-electron chi connectivity index (χ2n) is 7.30. The van der Waals surface area contributed by atoms with Gasteiger partial charge in [-0.1, -0.05) is 38.1 Å². The van der Waals surface area contributed by atoms with Crippen LogP contribution in [0.15, 0.2) is 53.7 Å². The first-order valence-corrected chi connectivity index (χ1v) is 9.79. The summed E-state index contributed by atoms with van der Waals surface area (Å²) < 4.78 is 30.0. The first kappa shape index (κ1) is 22.1. The van der Waals surface area contributed by atoms with Gasteiger partial charge in [-0.3, -0.25) is 0 Å². The molecule has 0 saturated heterocycles. The first-order chi connectivity index (χ1) is 14.8. The van der Waals surface area contributed by atoms with Crippen molar-refractivity contribution in [2.24, 2.45) is 5.92 Å². The minimum atomic E-state index is -0.729. The Bertz CT molecular complexity index is 1020. The molecule has 1 aliphatic rings. The van der Waals surface area contributed by atoms with Gasteiger partial charge in [-0.15, -0.1) is 0 Å². The van der Waals surface area contributed by atoms with Gasteiger partial charge >= 0.3 is 12.0 Å². The average molecular weight is 428 g/mol. The predicted molar refractivity (Wildman–Crippen MR) is 112 cm³/mol. The monoisotopic (exact) mass is 428 g/mol. The lowest BCUT2D eigenvalue weighted by molar-refractivity contribution is -0.136. The molecule has 0 fully saturated rings. The van der Waals surface area contributed by atoms with Crippen LogP contribution in [-0.2, 0) is 16.1 Å². The Hall–Kier alpha value is -3.55. The van der Waals surface area contributed by atoms with Gasteiger partial charge in [0.05, 0.1) is 25.8 Å². The minimum Gasteiger partial charge on any atom is -0.493 e. The molecule has 2 amide bonds. The largest absolute Gasteiger partial charge is 0.493 e. The summed E-state index contributed by atoms with van der Waals surface area (Å²) >= 11 is 0. The molecule has 2 aromatic carbocycles. The normalized spacial score (nSPS) is 15.9. The number of allylic oxidation sites excluding steroid dienone is 1. The molecule has 7 nitrogen and oxygen atoms in total. The minimum absolute atomic E-state index is 0.0251. The van der Waals surface area contributed by atoms with Crippen LogP contribution in [0.5, 0.6) is 11.5 Å². The summed E-state index contributed by atoms with van der Waals surface area (Å²) in [6.45, 7) is 3.78. The van der Waals surface area contributed by atoms with Crippen LogP contribution in [0.3, 0.4) is 0 Å². The van der Waals surface area contributed by atoms with Crippen LogP contribution in [0.2, 0.25) is 0 Å². The molecule has 0 bridgehead atoms. The number of amides is 2. The van der Waals surface area contributed by atoms with Crippen LogP contribution >= 0.6 is 0 Å². The van der Waals surface area contributed by atoms with Gasteiger partial charge in [0.15, 0.2) is 11.5 Å². The Labute approximate surface area is 180 Å². The Balaban J connectivity index is 1.94. The first-order valence-electron chi connectivity index (χ1n) is 9.79. The lowest BCUT2D eigenvalue weighted by Gasteiger charge is -2.31. The zero-order valence-corrected chi connectivity index (χ0v) is 17.8. The van der Waals surface area contributed by atoms with Crippen LogP contribution in [-0.4, -0.2) is 26.2 Å². The number of benzene rings is 2. The highest BCUT2D eigenvalue weighted by Crippen LogP contribution is 2.36. The molecule has 1 atom stereocenters. The summed E-state index contributed by atoms with van der Waals surface area (Å²) in [4.78, 5) is 24.8. The third kappa shape index (κ3) is 4.79. The van der Waals surface area contributed by atoms with E-state index in [1.807, 2.05) is 13.8 Å². The third-order valence-electron chi connectivity index (χ3n) is 4.95. The Morgan fingerprint density at radius 3 is 2.52 bits per heavy atom. The number of hydrogen-bond acceptors (Lipinski definition) is 5. The Morgan fingerprint density at radius 2 is 1.87 bits per heavy atom. The number of nitrogens with one attached hydrogen (secondary N) is 2. The standard InChI is InChI=1S/C23H25FN2O5/c1-13(2)20-19(22(27)30-4)21(26-23(28)25-20)14-9-10-17(18(11-14)29-3)31-12-15-7-5-6-8-16(15)24/h5-11,13,21H,12H2,1-4H3,(H2,25,26,28). The molecule has 0 spiro atoms.